The minimum atomic E-state index is -0.0753. The van der Waals surface area contributed by atoms with Crippen LogP contribution in [0.2, 0.25) is 0 Å². The van der Waals surface area contributed by atoms with E-state index in [9.17, 15) is 9.59 Å². The summed E-state index contributed by atoms with van der Waals surface area (Å²) >= 11 is 2.72. The molecule has 2 heterocycles. The summed E-state index contributed by atoms with van der Waals surface area (Å²) in [7, 11) is 1.69. The van der Waals surface area contributed by atoms with Crippen LogP contribution < -0.4 is 10.9 Å². The zero-order valence-electron chi connectivity index (χ0n) is 14.1. The van der Waals surface area contributed by atoms with Crippen LogP contribution in [0, 0.1) is 6.92 Å². The van der Waals surface area contributed by atoms with Crippen LogP contribution in [-0.2, 0) is 18.3 Å². The highest BCUT2D eigenvalue weighted by molar-refractivity contribution is 7.99. The van der Waals surface area contributed by atoms with E-state index in [4.69, 9.17) is 0 Å². The lowest BCUT2D eigenvalue weighted by Crippen LogP contribution is -2.28. The number of carbonyl (C=O) groups excluding carboxylic acids is 1. The van der Waals surface area contributed by atoms with Gasteiger partial charge in [0.1, 0.15) is 4.83 Å². The quantitative estimate of drug-likeness (QED) is 0.533. The van der Waals surface area contributed by atoms with Gasteiger partial charge in [-0.1, -0.05) is 36.0 Å². The molecule has 25 heavy (non-hydrogen) atoms. The third-order valence-corrected chi connectivity index (χ3v) is 5.81. The molecule has 1 amide bonds. The van der Waals surface area contributed by atoms with Gasteiger partial charge in [-0.15, -0.1) is 11.3 Å². The second kappa shape index (κ2) is 7.84. The minimum Gasteiger partial charge on any atom is -0.355 e. The number of thioether (sulfide) groups is 1. The maximum Gasteiger partial charge on any atom is 0.262 e. The maximum atomic E-state index is 12.2. The highest BCUT2D eigenvalue weighted by atomic mass is 32.2. The number of benzene rings is 1. The van der Waals surface area contributed by atoms with Gasteiger partial charge in [0.25, 0.3) is 5.56 Å². The van der Waals surface area contributed by atoms with Gasteiger partial charge in [0.2, 0.25) is 5.91 Å². The molecular formula is C18H19N3O2S2. The van der Waals surface area contributed by atoms with E-state index in [1.54, 1.807) is 13.1 Å². The maximum absolute atomic E-state index is 12.2. The lowest BCUT2D eigenvalue weighted by atomic mass is 10.1. The van der Waals surface area contributed by atoms with Crippen LogP contribution in [0.4, 0.5) is 0 Å². The average Bonchev–Trinajstić information content (AvgIpc) is 3.07. The Morgan fingerprint density at radius 1 is 1.32 bits per heavy atom. The predicted octanol–water partition coefficient (Wildman–Crippen LogP) is 2.75. The number of hydrogen-bond acceptors (Lipinski definition) is 5. The number of rotatable bonds is 6. The van der Waals surface area contributed by atoms with Gasteiger partial charge in [-0.05, 0) is 35.9 Å². The standard InChI is InChI=1S/C18H19N3O2S2/c1-12-5-3-4-6-13(12)7-9-19-15(22)11-25-18-20-16-14(8-10-24-16)17(23)21(18)2/h3-6,8,10H,7,9,11H2,1-2H3,(H,19,22). The van der Waals surface area contributed by atoms with E-state index in [0.717, 1.165) is 6.42 Å². The number of thiophene rings is 1. The van der Waals surface area contributed by atoms with Crippen molar-refractivity contribution in [3.8, 4) is 0 Å². The first kappa shape index (κ1) is 17.7. The first-order valence-electron chi connectivity index (χ1n) is 7.94. The van der Waals surface area contributed by atoms with Gasteiger partial charge in [0.15, 0.2) is 5.16 Å². The van der Waals surface area contributed by atoms with E-state index in [1.165, 1.54) is 38.8 Å². The van der Waals surface area contributed by atoms with Crippen molar-refractivity contribution in [3.63, 3.8) is 0 Å². The molecule has 2 aromatic heterocycles. The van der Waals surface area contributed by atoms with Crippen LogP contribution in [0.25, 0.3) is 10.2 Å². The number of aryl methyl sites for hydroxylation is 1. The summed E-state index contributed by atoms with van der Waals surface area (Å²) in [6.07, 6.45) is 0.807. The van der Waals surface area contributed by atoms with Crippen molar-refractivity contribution >= 4 is 39.2 Å². The van der Waals surface area contributed by atoms with Crippen molar-refractivity contribution in [2.24, 2.45) is 7.05 Å². The summed E-state index contributed by atoms with van der Waals surface area (Å²) in [6, 6.07) is 9.94. The Morgan fingerprint density at radius 3 is 2.92 bits per heavy atom. The second-order valence-electron chi connectivity index (χ2n) is 5.71. The molecule has 5 nitrogen and oxygen atoms in total. The van der Waals surface area contributed by atoms with Crippen molar-refractivity contribution in [1.29, 1.82) is 0 Å². The second-order valence-corrected chi connectivity index (χ2v) is 7.55. The van der Waals surface area contributed by atoms with Crippen molar-refractivity contribution < 1.29 is 4.79 Å². The van der Waals surface area contributed by atoms with E-state index in [1.807, 2.05) is 17.5 Å². The molecule has 3 rings (SSSR count). The molecule has 0 spiro atoms. The molecule has 1 N–H and O–H groups in total. The molecule has 130 valence electrons. The Bertz CT molecular complexity index is 962. The lowest BCUT2D eigenvalue weighted by molar-refractivity contribution is -0.118. The van der Waals surface area contributed by atoms with Crippen LogP contribution in [0.5, 0.6) is 0 Å². The SMILES string of the molecule is Cc1ccccc1CCNC(=O)CSc1nc2sccc2c(=O)n1C. The third kappa shape index (κ3) is 4.11. The minimum absolute atomic E-state index is 0.0564. The monoisotopic (exact) mass is 373 g/mol. The van der Waals surface area contributed by atoms with E-state index in [2.05, 4.69) is 29.4 Å². The summed E-state index contributed by atoms with van der Waals surface area (Å²) in [5.74, 6) is 0.185. The van der Waals surface area contributed by atoms with Gasteiger partial charge in [-0.3, -0.25) is 14.2 Å². The first-order chi connectivity index (χ1) is 12.1. The van der Waals surface area contributed by atoms with E-state index in [0.29, 0.717) is 21.9 Å². The highest BCUT2D eigenvalue weighted by Crippen LogP contribution is 2.20. The summed E-state index contributed by atoms with van der Waals surface area (Å²) < 4.78 is 1.50. The number of nitrogens with zero attached hydrogens (tertiary/aromatic N) is 2. The molecule has 0 bridgehead atoms. The summed E-state index contributed by atoms with van der Waals surface area (Å²) in [6.45, 7) is 2.67. The van der Waals surface area contributed by atoms with Gasteiger partial charge in [-0.25, -0.2) is 4.98 Å². The average molecular weight is 374 g/mol. The fraction of sp³-hybridized carbons (Fsp3) is 0.278. The lowest BCUT2D eigenvalue weighted by Gasteiger charge is -2.09. The molecule has 0 radical (unpaired) electrons. The highest BCUT2D eigenvalue weighted by Gasteiger charge is 2.11. The van der Waals surface area contributed by atoms with Crippen molar-refractivity contribution in [2.45, 2.75) is 18.5 Å². The third-order valence-electron chi connectivity index (χ3n) is 3.97. The Labute approximate surface area is 154 Å². The summed E-state index contributed by atoms with van der Waals surface area (Å²) in [5.41, 5.74) is 2.39. The van der Waals surface area contributed by atoms with Gasteiger partial charge in [0, 0.05) is 13.6 Å². The molecule has 1 aromatic carbocycles. The normalized spacial score (nSPS) is 11.0. The van der Waals surface area contributed by atoms with Crippen LogP contribution in [0.1, 0.15) is 11.1 Å². The molecular weight excluding hydrogens is 354 g/mol. The van der Waals surface area contributed by atoms with Gasteiger partial charge in [-0.2, -0.15) is 0 Å². The van der Waals surface area contributed by atoms with Crippen LogP contribution in [0.15, 0.2) is 45.7 Å². The van der Waals surface area contributed by atoms with Gasteiger partial charge >= 0.3 is 0 Å². The topological polar surface area (TPSA) is 64.0 Å². The number of carbonyl (C=O) groups is 1. The zero-order chi connectivity index (χ0) is 17.8. The molecule has 0 unspecified atom stereocenters. The first-order valence-corrected chi connectivity index (χ1v) is 9.81. The number of hydrogen-bond donors (Lipinski definition) is 1. The van der Waals surface area contributed by atoms with Crippen molar-refractivity contribution in [3.05, 3.63) is 57.2 Å². The molecule has 0 aliphatic heterocycles. The number of aromatic nitrogens is 2. The van der Waals surface area contributed by atoms with Crippen LogP contribution in [-0.4, -0.2) is 27.8 Å². The van der Waals surface area contributed by atoms with Crippen molar-refractivity contribution in [2.75, 3.05) is 12.3 Å². The summed E-state index contributed by atoms with van der Waals surface area (Å²) in [5, 5.41) is 5.96. The molecule has 0 atom stereocenters. The smallest absolute Gasteiger partial charge is 0.262 e. The Kier molecular flexibility index (Phi) is 5.55. The predicted molar refractivity (Wildman–Crippen MR) is 103 cm³/mol. The van der Waals surface area contributed by atoms with E-state index >= 15 is 0 Å². The van der Waals surface area contributed by atoms with E-state index in [-0.39, 0.29) is 17.2 Å². The molecule has 3 aromatic rings. The Balaban J connectivity index is 1.55. The van der Waals surface area contributed by atoms with Crippen molar-refractivity contribution in [1.82, 2.24) is 14.9 Å². The fourth-order valence-corrected chi connectivity index (χ4v) is 4.12. The largest absolute Gasteiger partial charge is 0.355 e. The molecule has 0 fully saturated rings. The molecule has 7 heteroatoms. The van der Waals surface area contributed by atoms with Crippen LogP contribution >= 0.6 is 23.1 Å². The van der Waals surface area contributed by atoms with Gasteiger partial charge < -0.3 is 5.32 Å². The fourth-order valence-electron chi connectivity index (χ4n) is 2.52. The van der Waals surface area contributed by atoms with Gasteiger partial charge in [0.05, 0.1) is 11.1 Å². The number of nitrogens with one attached hydrogen (secondary N) is 1. The molecule has 0 saturated carbocycles. The van der Waals surface area contributed by atoms with Crippen LogP contribution in [0.3, 0.4) is 0 Å². The Morgan fingerprint density at radius 2 is 2.12 bits per heavy atom. The zero-order valence-corrected chi connectivity index (χ0v) is 15.7. The molecule has 0 aliphatic carbocycles. The number of amides is 1. The van der Waals surface area contributed by atoms with E-state index < -0.39 is 0 Å². The molecule has 0 aliphatic rings. The molecule has 0 saturated heterocycles. The summed E-state index contributed by atoms with van der Waals surface area (Å²) in [4.78, 5) is 29.5. The number of fused-ring (bicyclic) bond motifs is 1. The Hall–Kier alpha value is -2.12.